The molecule has 1 aliphatic rings. The number of aromatic nitrogens is 1. The fourth-order valence-electron chi connectivity index (χ4n) is 3.04. The summed E-state index contributed by atoms with van der Waals surface area (Å²) in [7, 11) is 0. The maximum atomic E-state index is 13.4. The van der Waals surface area contributed by atoms with Crippen LogP contribution in [0.15, 0.2) is 23.6 Å². The van der Waals surface area contributed by atoms with E-state index in [4.69, 9.17) is 0 Å². The lowest BCUT2D eigenvalue weighted by atomic mass is 9.97. The molecule has 1 atom stereocenters. The lowest BCUT2D eigenvalue weighted by molar-refractivity contribution is -0.129. The zero-order chi connectivity index (χ0) is 17.3. The minimum atomic E-state index is -0.399. The van der Waals surface area contributed by atoms with Gasteiger partial charge in [-0.25, -0.2) is 9.37 Å². The number of nitrogens with one attached hydrogen (secondary N) is 1. The van der Waals surface area contributed by atoms with E-state index in [0.29, 0.717) is 19.0 Å². The Kier molecular flexibility index (Phi) is 4.96. The molecular weight excluding hydrogens is 325 g/mol. The van der Waals surface area contributed by atoms with Gasteiger partial charge in [-0.15, -0.1) is 11.3 Å². The third kappa shape index (κ3) is 3.49. The Morgan fingerprint density at radius 3 is 2.92 bits per heavy atom. The lowest BCUT2D eigenvalue weighted by Crippen LogP contribution is -2.49. The minimum absolute atomic E-state index is 0.0322. The number of carbonyl (C=O) groups excluding carboxylic acids is 1. The Hall–Kier alpha value is -1.79. The summed E-state index contributed by atoms with van der Waals surface area (Å²) in [4.78, 5) is 19.3. The van der Waals surface area contributed by atoms with E-state index in [-0.39, 0.29) is 11.7 Å². The second-order valence-corrected chi connectivity index (χ2v) is 7.39. The molecule has 1 saturated heterocycles. The van der Waals surface area contributed by atoms with Crippen LogP contribution < -0.4 is 5.32 Å². The third-order valence-electron chi connectivity index (χ3n) is 4.27. The smallest absolute Gasteiger partial charge is 0.242 e. The van der Waals surface area contributed by atoms with E-state index in [1.165, 1.54) is 12.1 Å². The highest BCUT2D eigenvalue weighted by Gasteiger charge is 2.32. The molecule has 6 heteroatoms. The highest BCUT2D eigenvalue weighted by Crippen LogP contribution is 2.29. The van der Waals surface area contributed by atoms with E-state index >= 15 is 0 Å². The van der Waals surface area contributed by atoms with Gasteiger partial charge in [0, 0.05) is 30.9 Å². The number of hydrogen-bond donors (Lipinski definition) is 1. The van der Waals surface area contributed by atoms with Crippen LogP contribution in [0, 0.1) is 12.7 Å². The van der Waals surface area contributed by atoms with Crippen LogP contribution in [-0.2, 0) is 11.3 Å². The van der Waals surface area contributed by atoms with Crippen molar-refractivity contribution in [2.45, 2.75) is 39.3 Å². The summed E-state index contributed by atoms with van der Waals surface area (Å²) in [5.74, 6) is 0.0962. The molecule has 4 nitrogen and oxygen atoms in total. The van der Waals surface area contributed by atoms with Gasteiger partial charge in [0.15, 0.2) is 0 Å². The number of halogens is 1. The van der Waals surface area contributed by atoms with Gasteiger partial charge in [-0.05, 0) is 30.2 Å². The second-order valence-electron chi connectivity index (χ2n) is 6.50. The molecule has 0 radical (unpaired) electrons. The quantitative estimate of drug-likeness (QED) is 0.922. The molecule has 24 heavy (non-hydrogen) atoms. The summed E-state index contributed by atoms with van der Waals surface area (Å²) in [5.41, 5.74) is 2.64. The van der Waals surface area contributed by atoms with Crippen molar-refractivity contribution < 1.29 is 9.18 Å². The Morgan fingerprint density at radius 2 is 2.25 bits per heavy atom. The van der Waals surface area contributed by atoms with Crippen molar-refractivity contribution in [3.63, 3.8) is 0 Å². The standard InChI is InChI=1S/C18H22FN3OS/c1-11(2)18-21-14(10-24-18)9-22-7-6-20-17(23)16(22)15-5-4-13(19)8-12(15)3/h4-5,8,10-11,16H,6-7,9H2,1-3H3,(H,20,23). The van der Waals surface area contributed by atoms with E-state index in [1.54, 1.807) is 17.4 Å². The zero-order valence-corrected chi connectivity index (χ0v) is 15.0. The predicted molar refractivity (Wildman–Crippen MR) is 93.5 cm³/mol. The van der Waals surface area contributed by atoms with Gasteiger partial charge in [-0.1, -0.05) is 19.9 Å². The summed E-state index contributed by atoms with van der Waals surface area (Å²) in [6.45, 7) is 8.10. The number of aryl methyl sites for hydroxylation is 1. The normalized spacial score (nSPS) is 18.9. The highest BCUT2D eigenvalue weighted by atomic mass is 32.1. The van der Waals surface area contributed by atoms with E-state index in [0.717, 1.165) is 28.4 Å². The van der Waals surface area contributed by atoms with Gasteiger partial charge in [0.1, 0.15) is 11.9 Å². The van der Waals surface area contributed by atoms with Crippen molar-refractivity contribution in [1.29, 1.82) is 0 Å². The molecule has 2 aromatic rings. The molecule has 1 aliphatic heterocycles. The molecule has 2 heterocycles. The Labute approximate surface area is 145 Å². The molecule has 1 N–H and O–H groups in total. The average molecular weight is 347 g/mol. The van der Waals surface area contributed by atoms with Gasteiger partial charge in [0.25, 0.3) is 0 Å². The van der Waals surface area contributed by atoms with Crippen LogP contribution in [0.1, 0.15) is 47.6 Å². The minimum Gasteiger partial charge on any atom is -0.353 e. The van der Waals surface area contributed by atoms with Crippen LogP contribution in [0.3, 0.4) is 0 Å². The van der Waals surface area contributed by atoms with Crippen LogP contribution in [0.5, 0.6) is 0 Å². The van der Waals surface area contributed by atoms with Crippen LogP contribution in [0.25, 0.3) is 0 Å². The monoisotopic (exact) mass is 347 g/mol. The van der Waals surface area contributed by atoms with E-state index in [9.17, 15) is 9.18 Å². The third-order valence-corrected chi connectivity index (χ3v) is 5.46. The second kappa shape index (κ2) is 6.99. The first-order valence-electron chi connectivity index (χ1n) is 8.18. The number of piperazine rings is 1. The van der Waals surface area contributed by atoms with Crippen molar-refractivity contribution >= 4 is 17.2 Å². The molecule has 0 bridgehead atoms. The molecular formula is C18H22FN3OS. The maximum Gasteiger partial charge on any atom is 0.242 e. The number of rotatable bonds is 4. The van der Waals surface area contributed by atoms with Gasteiger partial charge in [0.05, 0.1) is 10.7 Å². The molecule has 1 aromatic heterocycles. The topological polar surface area (TPSA) is 45.2 Å². The highest BCUT2D eigenvalue weighted by molar-refractivity contribution is 7.09. The van der Waals surface area contributed by atoms with Crippen LogP contribution in [0.4, 0.5) is 4.39 Å². The Morgan fingerprint density at radius 1 is 1.46 bits per heavy atom. The van der Waals surface area contributed by atoms with Crippen molar-refractivity contribution in [3.05, 3.63) is 51.2 Å². The molecule has 1 unspecified atom stereocenters. The van der Waals surface area contributed by atoms with Crippen molar-refractivity contribution in [1.82, 2.24) is 15.2 Å². The van der Waals surface area contributed by atoms with E-state index < -0.39 is 6.04 Å². The summed E-state index contributed by atoms with van der Waals surface area (Å²) in [6.07, 6.45) is 0. The molecule has 128 valence electrons. The summed E-state index contributed by atoms with van der Waals surface area (Å²) >= 11 is 1.66. The SMILES string of the molecule is Cc1cc(F)ccc1C1C(=O)NCCN1Cc1csc(C(C)C)n1. The first-order valence-corrected chi connectivity index (χ1v) is 9.05. The number of hydrogen-bond acceptors (Lipinski definition) is 4. The molecule has 1 amide bonds. The Bertz CT molecular complexity index is 744. The number of thiazole rings is 1. The molecule has 0 saturated carbocycles. The fourth-order valence-corrected chi connectivity index (χ4v) is 3.86. The van der Waals surface area contributed by atoms with Gasteiger partial charge in [0.2, 0.25) is 5.91 Å². The molecule has 0 aliphatic carbocycles. The van der Waals surface area contributed by atoms with Crippen molar-refractivity contribution in [2.75, 3.05) is 13.1 Å². The summed E-state index contributed by atoms with van der Waals surface area (Å²) < 4.78 is 13.4. The molecule has 1 aromatic carbocycles. The average Bonchev–Trinajstić information content (AvgIpc) is 2.98. The van der Waals surface area contributed by atoms with Crippen LogP contribution in [0.2, 0.25) is 0 Å². The number of benzene rings is 1. The summed E-state index contributed by atoms with van der Waals surface area (Å²) in [5, 5.41) is 6.10. The Balaban J connectivity index is 1.87. The van der Waals surface area contributed by atoms with Crippen molar-refractivity contribution in [2.24, 2.45) is 0 Å². The lowest BCUT2D eigenvalue weighted by Gasteiger charge is -2.35. The predicted octanol–water partition coefficient (Wildman–Crippen LogP) is 3.39. The first-order chi connectivity index (χ1) is 11.5. The molecule has 1 fully saturated rings. The van der Waals surface area contributed by atoms with E-state index in [1.807, 2.05) is 6.92 Å². The zero-order valence-electron chi connectivity index (χ0n) is 14.2. The molecule has 0 spiro atoms. The maximum absolute atomic E-state index is 13.4. The number of carbonyl (C=O) groups is 1. The van der Waals surface area contributed by atoms with Gasteiger partial charge < -0.3 is 5.32 Å². The van der Waals surface area contributed by atoms with Gasteiger partial charge in [-0.3, -0.25) is 9.69 Å². The van der Waals surface area contributed by atoms with Crippen molar-refractivity contribution in [3.8, 4) is 0 Å². The number of amides is 1. The van der Waals surface area contributed by atoms with Gasteiger partial charge in [-0.2, -0.15) is 0 Å². The molecule has 3 rings (SSSR count). The van der Waals surface area contributed by atoms with Gasteiger partial charge >= 0.3 is 0 Å². The van der Waals surface area contributed by atoms with Crippen LogP contribution >= 0.6 is 11.3 Å². The van der Waals surface area contributed by atoms with E-state index in [2.05, 4.69) is 34.4 Å². The van der Waals surface area contributed by atoms with Crippen LogP contribution in [-0.4, -0.2) is 28.9 Å². The summed E-state index contributed by atoms with van der Waals surface area (Å²) in [6, 6.07) is 4.22. The largest absolute Gasteiger partial charge is 0.353 e. The number of nitrogens with zero attached hydrogens (tertiary/aromatic N) is 2. The first kappa shape index (κ1) is 17.0. The fraction of sp³-hybridized carbons (Fsp3) is 0.444.